The van der Waals surface area contributed by atoms with E-state index in [2.05, 4.69) is 0 Å². The molecule has 1 aliphatic rings. The predicted molar refractivity (Wildman–Crippen MR) is 85.5 cm³/mol. The van der Waals surface area contributed by atoms with E-state index >= 15 is 0 Å². The second-order valence-corrected chi connectivity index (χ2v) is 6.63. The molecule has 0 aromatic heterocycles. The van der Waals surface area contributed by atoms with Gasteiger partial charge < -0.3 is 4.74 Å². The van der Waals surface area contributed by atoms with Gasteiger partial charge in [-0.25, -0.2) is 22.7 Å². The summed E-state index contributed by atoms with van der Waals surface area (Å²) in [5, 5.41) is 5.09. The highest BCUT2D eigenvalue weighted by Crippen LogP contribution is 2.31. The van der Waals surface area contributed by atoms with Crippen LogP contribution in [-0.4, -0.2) is 14.4 Å². The molecule has 7 heteroatoms. The van der Waals surface area contributed by atoms with E-state index in [0.29, 0.717) is 22.3 Å². The number of hydrogen-bond acceptors (Lipinski definition) is 4. The number of benzene rings is 2. The molecular weight excluding hydrogens is 333 g/mol. The maximum absolute atomic E-state index is 13.2. The van der Waals surface area contributed by atoms with Crippen molar-refractivity contribution in [1.29, 1.82) is 0 Å². The second kappa shape index (κ2) is 6.03. The van der Waals surface area contributed by atoms with Gasteiger partial charge in [0, 0.05) is 5.57 Å². The highest BCUT2D eigenvalue weighted by molar-refractivity contribution is 7.89. The lowest BCUT2D eigenvalue weighted by atomic mass is 9.93. The number of nitrogens with two attached hydrogens (primary N) is 1. The monoisotopic (exact) mass is 345 g/mol. The zero-order valence-electron chi connectivity index (χ0n) is 12.3. The van der Waals surface area contributed by atoms with Crippen LogP contribution in [0, 0.1) is 5.82 Å². The van der Waals surface area contributed by atoms with Crippen molar-refractivity contribution in [1.82, 2.24) is 0 Å². The number of primary sulfonamides is 1. The molecule has 0 bridgehead atoms. The van der Waals surface area contributed by atoms with Gasteiger partial charge in [-0.2, -0.15) is 0 Å². The molecule has 1 heterocycles. The SMILES string of the molecule is NS(=O)(=O)c1ccc(C(=C2C=COC2=O)c2ccc(F)cc2)cc1. The fourth-order valence-electron chi connectivity index (χ4n) is 2.39. The number of cyclic esters (lactones) is 1. The van der Waals surface area contributed by atoms with E-state index in [9.17, 15) is 17.6 Å². The van der Waals surface area contributed by atoms with Crippen LogP contribution in [0.1, 0.15) is 11.1 Å². The van der Waals surface area contributed by atoms with E-state index in [0.717, 1.165) is 0 Å². The third kappa shape index (κ3) is 3.12. The summed E-state index contributed by atoms with van der Waals surface area (Å²) < 4.78 is 40.7. The topological polar surface area (TPSA) is 86.5 Å². The first-order valence-corrected chi connectivity index (χ1v) is 8.42. The maximum atomic E-state index is 13.2. The quantitative estimate of drug-likeness (QED) is 0.683. The van der Waals surface area contributed by atoms with Crippen molar-refractivity contribution < 1.29 is 22.3 Å². The van der Waals surface area contributed by atoms with Crippen molar-refractivity contribution in [3.05, 3.63) is 83.4 Å². The van der Waals surface area contributed by atoms with Crippen LogP contribution in [0.3, 0.4) is 0 Å². The average molecular weight is 345 g/mol. The molecule has 2 aromatic rings. The number of esters is 1. The fraction of sp³-hybridized carbons (Fsp3) is 0. The van der Waals surface area contributed by atoms with Crippen molar-refractivity contribution in [3.63, 3.8) is 0 Å². The van der Waals surface area contributed by atoms with Gasteiger partial charge in [-0.15, -0.1) is 0 Å². The molecule has 0 aliphatic carbocycles. The first kappa shape index (κ1) is 16.1. The number of sulfonamides is 1. The molecule has 3 rings (SSSR count). The number of halogens is 1. The minimum Gasteiger partial charge on any atom is -0.431 e. The zero-order valence-corrected chi connectivity index (χ0v) is 13.1. The van der Waals surface area contributed by atoms with Crippen LogP contribution in [0.25, 0.3) is 5.57 Å². The molecule has 0 amide bonds. The Morgan fingerprint density at radius 3 is 1.96 bits per heavy atom. The molecule has 0 radical (unpaired) electrons. The zero-order chi connectivity index (χ0) is 17.3. The first-order valence-electron chi connectivity index (χ1n) is 6.87. The third-order valence-electron chi connectivity index (χ3n) is 3.50. The molecule has 0 saturated heterocycles. The van der Waals surface area contributed by atoms with E-state index in [4.69, 9.17) is 9.88 Å². The maximum Gasteiger partial charge on any atom is 0.343 e. The van der Waals surface area contributed by atoms with Crippen LogP contribution in [-0.2, 0) is 19.6 Å². The molecule has 122 valence electrons. The molecule has 2 aromatic carbocycles. The van der Waals surface area contributed by atoms with Crippen molar-refractivity contribution in [2.45, 2.75) is 4.90 Å². The smallest absolute Gasteiger partial charge is 0.343 e. The predicted octanol–water partition coefficient (Wildman–Crippen LogP) is 2.35. The van der Waals surface area contributed by atoms with Crippen LogP contribution >= 0.6 is 0 Å². The van der Waals surface area contributed by atoms with E-state index in [1.54, 1.807) is 0 Å². The molecule has 0 atom stereocenters. The summed E-state index contributed by atoms with van der Waals surface area (Å²) in [6, 6.07) is 11.4. The van der Waals surface area contributed by atoms with Crippen LogP contribution in [0.4, 0.5) is 4.39 Å². The van der Waals surface area contributed by atoms with E-state index < -0.39 is 21.8 Å². The van der Waals surface area contributed by atoms with Gasteiger partial charge in [-0.3, -0.25) is 0 Å². The fourth-order valence-corrected chi connectivity index (χ4v) is 2.90. The molecule has 0 spiro atoms. The number of carbonyl (C=O) groups excluding carboxylic acids is 1. The molecule has 0 unspecified atom stereocenters. The first-order chi connectivity index (χ1) is 11.4. The van der Waals surface area contributed by atoms with Gasteiger partial charge in [0.1, 0.15) is 5.82 Å². The Hall–Kier alpha value is -2.77. The van der Waals surface area contributed by atoms with Crippen LogP contribution in [0.5, 0.6) is 0 Å². The normalized spacial score (nSPS) is 16.2. The Balaban J connectivity index is 2.18. The van der Waals surface area contributed by atoms with Crippen molar-refractivity contribution in [2.24, 2.45) is 5.14 Å². The Kier molecular flexibility index (Phi) is 4.04. The second-order valence-electron chi connectivity index (χ2n) is 5.07. The van der Waals surface area contributed by atoms with E-state index in [1.165, 1.54) is 60.9 Å². The number of hydrogen-bond donors (Lipinski definition) is 1. The lowest BCUT2D eigenvalue weighted by Crippen LogP contribution is -2.12. The average Bonchev–Trinajstić information content (AvgIpc) is 2.95. The summed E-state index contributed by atoms with van der Waals surface area (Å²) in [7, 11) is -3.82. The van der Waals surface area contributed by atoms with Crippen LogP contribution in [0.15, 0.2) is 71.3 Å². The van der Waals surface area contributed by atoms with Gasteiger partial charge in [0.2, 0.25) is 10.0 Å². The molecule has 2 N–H and O–H groups in total. The van der Waals surface area contributed by atoms with E-state index in [1.807, 2.05) is 0 Å². The highest BCUT2D eigenvalue weighted by atomic mass is 32.2. The summed E-state index contributed by atoms with van der Waals surface area (Å²) in [6.45, 7) is 0. The molecular formula is C17H12FNO4S. The van der Waals surface area contributed by atoms with Crippen LogP contribution in [0.2, 0.25) is 0 Å². The minimum absolute atomic E-state index is 0.0424. The summed E-state index contributed by atoms with van der Waals surface area (Å²) in [5.74, 6) is -0.943. The number of rotatable bonds is 3. The lowest BCUT2D eigenvalue weighted by molar-refractivity contribution is -0.132. The Morgan fingerprint density at radius 2 is 1.50 bits per heavy atom. The minimum atomic E-state index is -3.82. The summed E-state index contributed by atoms with van der Waals surface area (Å²) >= 11 is 0. The summed E-state index contributed by atoms with van der Waals surface area (Å²) in [4.78, 5) is 11.9. The van der Waals surface area contributed by atoms with Gasteiger partial charge in [-0.1, -0.05) is 24.3 Å². The van der Waals surface area contributed by atoms with Crippen molar-refractivity contribution >= 4 is 21.6 Å². The Morgan fingerprint density at radius 1 is 0.958 bits per heavy atom. The standard InChI is InChI=1S/C17H12FNO4S/c18-13-5-1-11(2-6-13)16(15-9-10-23-17(15)20)12-3-7-14(8-4-12)24(19,21)22/h1-10H,(H2,19,21,22). The molecule has 0 saturated carbocycles. The van der Waals surface area contributed by atoms with Crippen LogP contribution < -0.4 is 5.14 Å². The van der Waals surface area contributed by atoms with Gasteiger partial charge in [-0.05, 0) is 41.5 Å². The molecule has 1 aliphatic heterocycles. The third-order valence-corrected chi connectivity index (χ3v) is 4.43. The summed E-state index contributed by atoms with van der Waals surface area (Å²) in [5.41, 5.74) is 1.98. The Bertz CT molecular complexity index is 959. The molecule has 5 nitrogen and oxygen atoms in total. The largest absolute Gasteiger partial charge is 0.431 e. The number of carbonyl (C=O) groups is 1. The van der Waals surface area contributed by atoms with Gasteiger partial charge >= 0.3 is 5.97 Å². The highest BCUT2D eigenvalue weighted by Gasteiger charge is 2.21. The van der Waals surface area contributed by atoms with Gasteiger partial charge in [0.05, 0.1) is 16.7 Å². The van der Waals surface area contributed by atoms with Gasteiger partial charge in [0.15, 0.2) is 0 Å². The van der Waals surface area contributed by atoms with Gasteiger partial charge in [0.25, 0.3) is 0 Å². The molecule has 0 fully saturated rings. The lowest BCUT2D eigenvalue weighted by Gasteiger charge is -2.11. The Labute approximate surface area is 137 Å². The molecule has 24 heavy (non-hydrogen) atoms. The van der Waals surface area contributed by atoms with Crippen molar-refractivity contribution in [2.75, 3.05) is 0 Å². The summed E-state index contributed by atoms with van der Waals surface area (Å²) in [6.07, 6.45) is 2.77. The van der Waals surface area contributed by atoms with Crippen molar-refractivity contribution in [3.8, 4) is 0 Å². The number of ether oxygens (including phenoxy) is 1. The van der Waals surface area contributed by atoms with E-state index in [-0.39, 0.29) is 4.90 Å².